The summed E-state index contributed by atoms with van der Waals surface area (Å²) >= 11 is 1.81. The van der Waals surface area contributed by atoms with Crippen LogP contribution in [0.3, 0.4) is 0 Å². The molecule has 0 saturated heterocycles. The molecule has 38 heavy (non-hydrogen) atoms. The fourth-order valence-corrected chi connectivity index (χ4v) is 6.92. The minimum Gasteiger partial charge on any atom is -0.462 e. The van der Waals surface area contributed by atoms with Crippen LogP contribution in [-0.4, -0.2) is 28.1 Å². The molecule has 0 fully saturated rings. The first-order valence-electron chi connectivity index (χ1n) is 12.9. The first-order chi connectivity index (χ1) is 18.5. The van der Waals surface area contributed by atoms with Crippen LogP contribution in [0.1, 0.15) is 63.4 Å². The predicted octanol–water partition coefficient (Wildman–Crippen LogP) is 6.87. The minimum atomic E-state index is -0.488. The van der Waals surface area contributed by atoms with Crippen molar-refractivity contribution in [1.29, 1.82) is 0 Å². The monoisotopic (exact) mass is 529 g/mol. The summed E-state index contributed by atoms with van der Waals surface area (Å²) in [6.07, 6.45) is 6.44. The lowest BCUT2D eigenvalue weighted by Gasteiger charge is -2.31. The maximum Gasteiger partial charge on any atom is 0.338 e. The van der Waals surface area contributed by atoms with E-state index in [9.17, 15) is 14.0 Å². The van der Waals surface area contributed by atoms with E-state index in [1.807, 2.05) is 35.7 Å². The van der Waals surface area contributed by atoms with E-state index in [-0.39, 0.29) is 11.8 Å². The van der Waals surface area contributed by atoms with Crippen LogP contribution in [-0.2, 0) is 24.1 Å². The Morgan fingerprint density at radius 1 is 1.05 bits per heavy atom. The molecule has 2 amide bonds. The molecule has 2 aromatic heterocycles. The van der Waals surface area contributed by atoms with E-state index in [0.29, 0.717) is 30.0 Å². The Kier molecular flexibility index (Phi) is 6.49. The largest absolute Gasteiger partial charge is 0.462 e. The van der Waals surface area contributed by atoms with Crippen LogP contribution < -0.4 is 5.32 Å². The molecule has 0 spiro atoms. The zero-order valence-corrected chi connectivity index (χ0v) is 21.9. The number of nitrogens with one attached hydrogen (secondary N) is 1. The number of amides is 2. The van der Waals surface area contributed by atoms with Gasteiger partial charge in [-0.3, -0.25) is 0 Å². The third-order valence-electron chi connectivity index (χ3n) is 7.25. The van der Waals surface area contributed by atoms with Crippen LogP contribution in [0.25, 0.3) is 5.00 Å². The average molecular weight is 530 g/mol. The van der Waals surface area contributed by atoms with Gasteiger partial charge < -0.3 is 19.5 Å². The number of benzene rings is 2. The predicted molar refractivity (Wildman–Crippen MR) is 145 cm³/mol. The summed E-state index contributed by atoms with van der Waals surface area (Å²) in [5.41, 5.74) is 5.14. The van der Waals surface area contributed by atoms with Gasteiger partial charge in [-0.05, 0) is 92.3 Å². The van der Waals surface area contributed by atoms with Gasteiger partial charge in [0.1, 0.15) is 10.8 Å². The molecule has 1 aliphatic heterocycles. The lowest BCUT2D eigenvalue weighted by Crippen LogP contribution is -2.38. The molecule has 1 unspecified atom stereocenters. The van der Waals surface area contributed by atoms with Crippen LogP contribution in [0.2, 0.25) is 0 Å². The molecule has 1 atom stereocenters. The first kappa shape index (κ1) is 24.4. The highest BCUT2D eigenvalue weighted by atomic mass is 32.1. The Balaban J connectivity index is 1.41. The van der Waals surface area contributed by atoms with Crippen molar-refractivity contribution in [3.8, 4) is 5.00 Å². The van der Waals surface area contributed by atoms with Crippen molar-refractivity contribution in [3.63, 3.8) is 0 Å². The molecule has 0 radical (unpaired) electrons. The number of urea groups is 1. The summed E-state index contributed by atoms with van der Waals surface area (Å²) in [6.45, 7) is 2.47. The Bertz CT molecular complexity index is 1510. The van der Waals surface area contributed by atoms with Crippen molar-refractivity contribution in [1.82, 2.24) is 9.47 Å². The third-order valence-corrected chi connectivity index (χ3v) is 8.58. The lowest BCUT2D eigenvalue weighted by atomic mass is 9.95. The van der Waals surface area contributed by atoms with Gasteiger partial charge in [-0.15, -0.1) is 11.3 Å². The minimum absolute atomic E-state index is 0.292. The molecule has 1 N–H and O–H groups in total. The fourth-order valence-electron chi connectivity index (χ4n) is 5.51. The number of thiophene rings is 1. The topological polar surface area (TPSA) is 63.6 Å². The number of halogens is 1. The smallest absolute Gasteiger partial charge is 0.338 e. The number of carbonyl (C=O) groups is 2. The van der Waals surface area contributed by atoms with E-state index >= 15 is 0 Å². The number of carbonyl (C=O) groups excluding carboxylic acids is 2. The zero-order chi connectivity index (χ0) is 26.2. The number of nitrogens with zero attached hydrogens (tertiary/aromatic N) is 2. The highest BCUT2D eigenvalue weighted by molar-refractivity contribution is 7.15. The quantitative estimate of drug-likeness (QED) is 0.294. The van der Waals surface area contributed by atoms with Gasteiger partial charge in [0, 0.05) is 22.3 Å². The van der Waals surface area contributed by atoms with E-state index in [1.54, 1.807) is 42.2 Å². The molecule has 8 heteroatoms. The van der Waals surface area contributed by atoms with Crippen molar-refractivity contribution in [2.24, 2.45) is 0 Å². The fraction of sp³-hybridized carbons (Fsp3) is 0.267. The Hall–Kier alpha value is -3.91. The highest BCUT2D eigenvalue weighted by Crippen LogP contribution is 2.44. The third kappa shape index (κ3) is 4.39. The van der Waals surface area contributed by atoms with E-state index in [4.69, 9.17) is 4.74 Å². The van der Waals surface area contributed by atoms with Crippen molar-refractivity contribution in [3.05, 3.63) is 106 Å². The summed E-state index contributed by atoms with van der Waals surface area (Å²) in [4.78, 5) is 29.2. The van der Waals surface area contributed by atoms with Crippen LogP contribution in [0.5, 0.6) is 0 Å². The van der Waals surface area contributed by atoms with E-state index in [1.165, 1.54) is 34.6 Å². The summed E-state index contributed by atoms with van der Waals surface area (Å²) in [7, 11) is 0. The van der Waals surface area contributed by atoms with Crippen molar-refractivity contribution < 1.29 is 18.7 Å². The molecular formula is C30H28FN3O3S. The first-order valence-corrected chi connectivity index (χ1v) is 13.8. The standard InChI is InChI=1S/C30H28FN3O3S/c1-2-37-29(35)19-12-14-22(15-13-19)32-30(36)34-18-24-23-9-3-4-11-26(23)38-28(24)33-16-6-10-25(33)27(34)20-7-5-8-21(31)17-20/h5-8,10,12-17,27H,2-4,9,11,18H2,1H3,(H,32,36). The van der Waals surface area contributed by atoms with Gasteiger partial charge in [0.15, 0.2) is 0 Å². The van der Waals surface area contributed by atoms with Crippen molar-refractivity contribution >= 4 is 29.0 Å². The number of esters is 1. The number of fused-ring (bicyclic) bond motifs is 5. The molecule has 4 aromatic rings. The maximum absolute atomic E-state index is 14.4. The number of ether oxygens (including phenoxy) is 1. The SMILES string of the molecule is CCOC(=O)c1ccc(NC(=O)N2Cc3c(sc4c3CCCC4)-n3cccc3C2c2cccc(F)c2)cc1. The maximum atomic E-state index is 14.4. The average Bonchev–Trinajstić information content (AvgIpc) is 3.51. The van der Waals surface area contributed by atoms with Crippen LogP contribution in [0.15, 0.2) is 66.9 Å². The number of hydrogen-bond acceptors (Lipinski definition) is 4. The number of rotatable bonds is 4. The summed E-state index contributed by atoms with van der Waals surface area (Å²) in [5, 5.41) is 4.16. The second-order valence-corrected chi connectivity index (χ2v) is 10.7. The Morgan fingerprint density at radius 3 is 2.66 bits per heavy atom. The van der Waals surface area contributed by atoms with E-state index < -0.39 is 12.0 Å². The lowest BCUT2D eigenvalue weighted by molar-refractivity contribution is 0.0526. The molecule has 1 aliphatic carbocycles. The van der Waals surface area contributed by atoms with Gasteiger partial charge in [0.2, 0.25) is 0 Å². The number of aryl methyl sites for hydroxylation is 1. The number of hydrogen-bond donors (Lipinski definition) is 1. The number of anilines is 1. The molecule has 3 heterocycles. The van der Waals surface area contributed by atoms with Gasteiger partial charge >= 0.3 is 12.0 Å². The molecule has 6 rings (SSSR count). The van der Waals surface area contributed by atoms with Gasteiger partial charge in [0.05, 0.1) is 30.5 Å². The summed E-state index contributed by atoms with van der Waals surface area (Å²) in [6, 6.07) is 16.4. The Morgan fingerprint density at radius 2 is 1.87 bits per heavy atom. The van der Waals surface area contributed by atoms with Crippen molar-refractivity contribution in [2.75, 3.05) is 11.9 Å². The molecule has 194 valence electrons. The van der Waals surface area contributed by atoms with Crippen molar-refractivity contribution in [2.45, 2.75) is 45.2 Å². The van der Waals surface area contributed by atoms with Crippen LogP contribution in [0.4, 0.5) is 14.9 Å². The summed E-state index contributed by atoms with van der Waals surface area (Å²) in [5.74, 6) is -0.744. The Labute approximate surface area is 224 Å². The van der Waals surface area contributed by atoms with Gasteiger partial charge in [-0.2, -0.15) is 0 Å². The van der Waals surface area contributed by atoms with Gasteiger partial charge in [-0.25, -0.2) is 14.0 Å². The second-order valence-electron chi connectivity index (χ2n) is 9.61. The highest BCUT2D eigenvalue weighted by Gasteiger charge is 2.36. The zero-order valence-electron chi connectivity index (χ0n) is 21.1. The second kappa shape index (κ2) is 10.1. The van der Waals surface area contributed by atoms with Gasteiger partial charge in [0.25, 0.3) is 0 Å². The number of aromatic nitrogens is 1. The van der Waals surface area contributed by atoms with E-state index in [0.717, 1.165) is 30.0 Å². The van der Waals surface area contributed by atoms with E-state index in [2.05, 4.69) is 9.88 Å². The normalized spacial score (nSPS) is 16.2. The van der Waals surface area contributed by atoms with Gasteiger partial charge in [-0.1, -0.05) is 12.1 Å². The summed E-state index contributed by atoms with van der Waals surface area (Å²) < 4.78 is 21.7. The molecule has 6 nitrogen and oxygen atoms in total. The molecule has 0 bridgehead atoms. The van der Waals surface area contributed by atoms with Crippen LogP contribution >= 0.6 is 11.3 Å². The molecule has 2 aliphatic rings. The molecule has 0 saturated carbocycles. The molecular weight excluding hydrogens is 501 g/mol. The van der Waals surface area contributed by atoms with Crippen LogP contribution in [0, 0.1) is 5.82 Å². The molecule has 2 aromatic carbocycles.